The molecule has 0 unspecified atom stereocenters. The van der Waals surface area contributed by atoms with Crippen LogP contribution in [-0.4, -0.2) is 256 Å². The van der Waals surface area contributed by atoms with Crippen molar-refractivity contribution >= 4 is 116 Å². The number of rotatable bonds is 27. The zero-order valence-corrected chi connectivity index (χ0v) is 83.0. The van der Waals surface area contributed by atoms with Crippen LogP contribution in [0.1, 0.15) is 314 Å². The lowest BCUT2D eigenvalue weighted by molar-refractivity contribution is 0.0117. The van der Waals surface area contributed by atoms with Crippen LogP contribution >= 0.6 is 45.3 Å². The molecule has 10 atom stereocenters. The van der Waals surface area contributed by atoms with Gasteiger partial charge in [0.25, 0.3) is 53.2 Å². The summed E-state index contributed by atoms with van der Waals surface area (Å²) in [4.78, 5) is 152. The molecular formula is C97H130F2N20O12S4. The second kappa shape index (κ2) is 43.6. The van der Waals surface area contributed by atoms with Crippen molar-refractivity contribution in [2.45, 2.75) is 348 Å². The molecule has 4 bridgehead atoms. The number of fused-ring (bicyclic) bond motifs is 4. The van der Waals surface area contributed by atoms with Crippen molar-refractivity contribution in [2.24, 2.45) is 0 Å². The van der Waals surface area contributed by atoms with Gasteiger partial charge in [-0.3, -0.25) is 38.4 Å². The minimum Gasteiger partial charge on any atom is -0.394 e. The number of alkyl halides is 2. The molecule has 3 saturated carbocycles. The van der Waals surface area contributed by atoms with E-state index in [0.717, 1.165) is 156 Å². The maximum Gasteiger partial charge on any atom is 0.280 e. The van der Waals surface area contributed by atoms with E-state index in [-0.39, 0.29) is 146 Å². The summed E-state index contributed by atoms with van der Waals surface area (Å²) in [5.41, 5.74) is 7.75. The lowest BCUT2D eigenvalue weighted by Crippen LogP contribution is -2.50. The Kier molecular flexibility index (Phi) is 32.6. The number of aryl methyl sites for hydroxylation is 4. The fourth-order valence-corrected chi connectivity index (χ4v) is 23.5. The predicted molar refractivity (Wildman–Crippen MR) is 522 cm³/mol. The Labute approximate surface area is 803 Å². The summed E-state index contributed by atoms with van der Waals surface area (Å²) >= 11 is 4.73. The summed E-state index contributed by atoms with van der Waals surface area (Å²) in [5, 5.41) is 64.5. The number of pyridine rings is 4. The second-order valence-corrected chi connectivity index (χ2v) is 42.6. The van der Waals surface area contributed by atoms with Gasteiger partial charge in [-0.05, 0) is 265 Å². The van der Waals surface area contributed by atoms with Gasteiger partial charge >= 0.3 is 0 Å². The van der Waals surface area contributed by atoms with E-state index in [2.05, 4.69) is 110 Å². The molecule has 6 saturated heterocycles. The van der Waals surface area contributed by atoms with E-state index in [1.807, 2.05) is 108 Å². The van der Waals surface area contributed by atoms with Gasteiger partial charge in [0.05, 0.1) is 63.1 Å². The van der Waals surface area contributed by atoms with Gasteiger partial charge in [0.2, 0.25) is 0 Å². The van der Waals surface area contributed by atoms with Crippen molar-refractivity contribution in [2.75, 3.05) is 41.0 Å². The SMILES string of the molecule is CC[C@@H](C)Nc1cc(C)c(-c2sc(C(=O)N[C@H]3CC[C@@H]3O)nc2C(=O)N2C3CCC2CC3)cn1.CC[C@@H](CO)NC(=O)c1nc(C(=O)N2CCC[C@@H]2C)c(-c2cnc(NC(C)C)cc2C)s1.Cc1cc(NC(C)C)ncc1-c1sc(C(=O)N[C@@H]2CC[C@@H](O)C2)nc1C(=O)N1CC(F)(F)C[C@@H]1C.Cc1cc(NC(C)C)ncc1-c1sc(C(=O)N[C@H]2CC[C@H](O)C2)nc1C(=O)N1C2CCC1CC2. The van der Waals surface area contributed by atoms with Crippen LogP contribution in [0.5, 0.6) is 0 Å². The molecule has 12 N–H and O–H groups in total. The summed E-state index contributed by atoms with van der Waals surface area (Å²) in [7, 11) is 0. The van der Waals surface area contributed by atoms with E-state index in [0.29, 0.717) is 106 Å². The Bertz CT molecular complexity index is 5600. The number of aromatic nitrogens is 8. The Balaban J connectivity index is 0.000000144. The Morgan fingerprint density at radius 3 is 1.09 bits per heavy atom. The first-order valence-corrected chi connectivity index (χ1v) is 51.1. The highest BCUT2D eigenvalue weighted by molar-refractivity contribution is 7.18. The molecule has 0 spiro atoms. The zero-order chi connectivity index (χ0) is 96.9. The minimum absolute atomic E-state index is 0.0226. The molecule has 9 aliphatic rings. The third-order valence-corrected chi connectivity index (χ3v) is 31.2. The Morgan fingerprint density at radius 2 is 0.800 bits per heavy atom. The first-order valence-electron chi connectivity index (χ1n) is 47.8. The van der Waals surface area contributed by atoms with E-state index in [1.54, 1.807) is 31.7 Å². The normalized spacial score (nSPS) is 23.3. The number of amides is 8. The first-order chi connectivity index (χ1) is 64.3. The molecule has 8 amide bonds. The number of halogens is 2. The predicted octanol–water partition coefficient (Wildman–Crippen LogP) is 14.8. The van der Waals surface area contributed by atoms with E-state index in [4.69, 9.17) is 0 Å². The lowest BCUT2D eigenvalue weighted by atomic mass is 9.89. The quantitative estimate of drug-likeness (QED) is 0.0227. The van der Waals surface area contributed by atoms with Crippen molar-refractivity contribution in [3.05, 3.63) is 114 Å². The van der Waals surface area contributed by atoms with Crippen LogP contribution in [-0.2, 0) is 0 Å². The van der Waals surface area contributed by atoms with Crippen LogP contribution in [0.3, 0.4) is 0 Å². The third kappa shape index (κ3) is 23.6. The Morgan fingerprint density at radius 1 is 0.444 bits per heavy atom. The zero-order valence-electron chi connectivity index (χ0n) is 79.7. The average Bonchev–Trinajstić information content (AvgIpc) is 1.69. The number of carbonyl (C=O) groups excluding carboxylic acids is 8. The first kappa shape index (κ1) is 101. The number of anilines is 4. The van der Waals surface area contributed by atoms with Gasteiger partial charge in [-0.1, -0.05) is 13.8 Å². The molecule has 17 rings (SSSR count). The standard InChI is InChI=1S/2C25H33N5O3S.C24H31F2N5O3S.C23H33N5O3S/c1-13(2)27-20-10-14(3)19(12-26-20)22-21(25(33)30-16-5-6-17(30)8-7-16)29-24(34-22)23(32)28-15-4-9-18(31)11-15;1-4-14(3)27-20-11-13(2)17(12-26-20)22-21(25(33)30-15-5-6-16(30)8-7-15)29-24(34-22)23(32)28-18-9-10-19(18)31;1-12(2)28-18-7-13(3)17(10-27-18)20-19(23(34)31-11-24(25,26)9-14(31)4)30-22(35-20)21(33)29-15-5-6-16(32)8-15;1-6-16(12-29)26-21(30)22-27-19(23(31)28-9-7-8-15(28)5)20(32-22)17-11-24-18(10-14(17)4)25-13(2)3/h10,12-13,15-18,31H,4-9,11H2,1-3H3,(H,26,27)(H,28,32);11-12,14-16,18-19,31H,4-10H2,1-3H3,(H,26,27)(H,28,32);7,10,12,14-16,32H,5-6,8-9,11H2,1-4H3,(H,27,28)(H,29,33);10-11,13,15-16,29H,6-9,12H2,1-5H3,(H,24,25)(H,26,30)/t15-,16?,17?,18-;14-,15?,16?,18+,19+;14-,15+,16+;15-,16-/m0100/s1. The molecule has 728 valence electrons. The van der Waals surface area contributed by atoms with Crippen LogP contribution in [0.4, 0.5) is 32.1 Å². The molecule has 8 aromatic heterocycles. The number of likely N-dealkylation sites (tertiary alicyclic amines) is 2. The molecule has 3 aliphatic carbocycles. The molecule has 38 heteroatoms. The monoisotopic (exact) mass is 1930 g/mol. The second-order valence-electron chi connectivity index (χ2n) is 38.6. The molecule has 135 heavy (non-hydrogen) atoms. The fourth-order valence-electron chi connectivity index (χ4n) is 19.3. The minimum atomic E-state index is -2.96. The van der Waals surface area contributed by atoms with Gasteiger partial charge in [0, 0.05) is 133 Å². The highest BCUT2D eigenvalue weighted by Gasteiger charge is 2.49. The van der Waals surface area contributed by atoms with E-state index >= 15 is 0 Å². The molecule has 6 aliphatic heterocycles. The van der Waals surface area contributed by atoms with Crippen molar-refractivity contribution in [3.8, 4) is 41.8 Å². The van der Waals surface area contributed by atoms with Gasteiger partial charge in [0.1, 0.15) is 46.0 Å². The van der Waals surface area contributed by atoms with E-state index < -0.39 is 49.0 Å². The van der Waals surface area contributed by atoms with Crippen LogP contribution in [0.2, 0.25) is 0 Å². The van der Waals surface area contributed by atoms with E-state index in [1.165, 1.54) is 34.0 Å². The molecule has 14 heterocycles. The summed E-state index contributed by atoms with van der Waals surface area (Å²) in [5.74, 6) is -2.33. The highest BCUT2D eigenvalue weighted by atomic mass is 32.1. The number of aliphatic hydroxyl groups excluding tert-OH is 4. The number of nitrogens with zero attached hydrogens (tertiary/aromatic N) is 12. The van der Waals surface area contributed by atoms with Crippen LogP contribution in [0.15, 0.2) is 49.1 Å². The molecular weight excluding hydrogens is 1800 g/mol. The van der Waals surface area contributed by atoms with Crippen molar-refractivity contribution < 1.29 is 67.6 Å². The van der Waals surface area contributed by atoms with Crippen LogP contribution in [0, 0.1) is 27.7 Å². The summed E-state index contributed by atoms with van der Waals surface area (Å²) in [6.07, 6.45) is 22.2. The number of hydrogen-bond acceptors (Lipinski definition) is 28. The molecule has 9 fully saturated rings. The number of thiazole rings is 4. The maximum absolute atomic E-state index is 14.0. The maximum atomic E-state index is 14.0. The number of carbonyl (C=O) groups is 8. The Hall–Kier alpha value is -10.2. The summed E-state index contributed by atoms with van der Waals surface area (Å²) < 4.78 is 28.1. The van der Waals surface area contributed by atoms with Gasteiger partial charge in [0.15, 0.2) is 20.0 Å². The van der Waals surface area contributed by atoms with Crippen LogP contribution < -0.4 is 42.5 Å². The number of aliphatic hydroxyl groups is 4. The van der Waals surface area contributed by atoms with Gasteiger partial charge in [-0.25, -0.2) is 48.7 Å². The van der Waals surface area contributed by atoms with Crippen LogP contribution in [0.25, 0.3) is 41.8 Å². The van der Waals surface area contributed by atoms with Gasteiger partial charge in [-0.15, -0.1) is 45.3 Å². The number of nitrogens with one attached hydrogen (secondary N) is 8. The molecule has 0 aromatic carbocycles. The molecule has 32 nitrogen and oxygen atoms in total. The van der Waals surface area contributed by atoms with Gasteiger partial charge < -0.3 is 82.6 Å². The smallest absolute Gasteiger partial charge is 0.280 e. The van der Waals surface area contributed by atoms with Crippen molar-refractivity contribution in [1.29, 1.82) is 0 Å². The average molecular weight is 1930 g/mol. The summed E-state index contributed by atoms with van der Waals surface area (Å²) in [6, 6.07) is 8.50. The largest absolute Gasteiger partial charge is 0.394 e. The molecule has 8 aromatic rings. The third-order valence-electron chi connectivity index (χ3n) is 26.9. The topological polar surface area (TPSA) is 430 Å². The van der Waals surface area contributed by atoms with Gasteiger partial charge in [-0.2, -0.15) is 0 Å². The van der Waals surface area contributed by atoms with Crippen molar-refractivity contribution in [1.82, 2.24) is 80.7 Å². The number of hydrogen-bond donors (Lipinski definition) is 12. The molecule has 0 radical (unpaired) electrons. The lowest BCUT2D eigenvalue weighted by Gasteiger charge is -2.32. The van der Waals surface area contributed by atoms with E-state index in [9.17, 15) is 67.6 Å². The highest BCUT2D eigenvalue weighted by Crippen LogP contribution is 2.46. The fraction of sp³-hybridized carbons (Fsp3) is 0.588. The van der Waals surface area contributed by atoms with Crippen molar-refractivity contribution in [3.63, 3.8) is 0 Å². The summed E-state index contributed by atoms with van der Waals surface area (Å²) in [6.45, 7) is 29.6.